The summed E-state index contributed by atoms with van der Waals surface area (Å²) in [5.74, 6) is 0. The van der Waals surface area contributed by atoms with Gasteiger partial charge in [-0.1, -0.05) is 117 Å². The van der Waals surface area contributed by atoms with E-state index in [0.717, 1.165) is 17.1 Å². The third-order valence-electron chi connectivity index (χ3n) is 11.5. The van der Waals surface area contributed by atoms with Gasteiger partial charge in [0.1, 0.15) is 0 Å². The molecule has 0 atom stereocenters. The van der Waals surface area contributed by atoms with Gasteiger partial charge >= 0.3 is 0 Å². The van der Waals surface area contributed by atoms with Crippen LogP contribution in [0.2, 0.25) is 0 Å². The van der Waals surface area contributed by atoms with Crippen molar-refractivity contribution in [3.63, 3.8) is 0 Å². The van der Waals surface area contributed by atoms with Gasteiger partial charge in [-0.2, -0.15) is 0 Å². The predicted molar refractivity (Wildman–Crippen MR) is 220 cm³/mol. The van der Waals surface area contributed by atoms with Crippen LogP contribution in [0.15, 0.2) is 170 Å². The molecule has 3 nitrogen and oxygen atoms in total. The highest BCUT2D eigenvalue weighted by Crippen LogP contribution is 2.49. The number of anilines is 2. The van der Waals surface area contributed by atoms with Crippen LogP contribution < -0.4 is 5.32 Å². The van der Waals surface area contributed by atoms with E-state index >= 15 is 0 Å². The molecule has 1 aliphatic rings. The first-order chi connectivity index (χ1) is 25.5. The normalized spacial score (nSPS) is 13.3. The first-order valence-electron chi connectivity index (χ1n) is 18.1. The topological polar surface area (TPSA) is 21.9 Å². The fraction of sp³-hybridized carbons (Fsp3) is 0.0612. The lowest BCUT2D eigenvalue weighted by molar-refractivity contribution is 0.660. The van der Waals surface area contributed by atoms with E-state index in [1.165, 1.54) is 82.3 Å². The average molecular weight is 666 g/mol. The van der Waals surface area contributed by atoms with Crippen LogP contribution in [0.3, 0.4) is 0 Å². The molecule has 0 saturated carbocycles. The molecule has 0 saturated heterocycles. The molecule has 3 heteroatoms. The lowest BCUT2D eigenvalue weighted by atomic mass is 9.82. The van der Waals surface area contributed by atoms with Crippen molar-refractivity contribution in [2.45, 2.75) is 19.3 Å². The lowest BCUT2D eigenvalue weighted by Gasteiger charge is -2.22. The van der Waals surface area contributed by atoms with E-state index in [9.17, 15) is 0 Å². The first kappa shape index (κ1) is 29.2. The average Bonchev–Trinajstić information content (AvgIpc) is 3.77. The minimum absolute atomic E-state index is 0.0856. The van der Waals surface area contributed by atoms with Gasteiger partial charge in [0.2, 0.25) is 0 Å². The Kier molecular flexibility index (Phi) is 6.01. The van der Waals surface area contributed by atoms with Gasteiger partial charge in [0.25, 0.3) is 0 Å². The van der Waals surface area contributed by atoms with Gasteiger partial charge in [-0.25, -0.2) is 0 Å². The number of hydrogen-bond acceptors (Lipinski definition) is 1. The second kappa shape index (κ2) is 10.7. The molecule has 10 aromatic rings. The Bertz CT molecular complexity index is 3070. The SMILES string of the molecule is CC1(C)c2ccccc2-c2ccc(-n3c4cc(Nc5cccc6c5c5ccccc5n6-c5ccccc5)ccc4c4cc5ccccc5cc43)cc21. The smallest absolute Gasteiger partial charge is 0.0562 e. The largest absolute Gasteiger partial charge is 0.355 e. The molecule has 0 unspecified atom stereocenters. The zero-order valence-electron chi connectivity index (χ0n) is 29.1. The molecule has 246 valence electrons. The number of hydrogen-bond donors (Lipinski definition) is 1. The third kappa shape index (κ3) is 4.08. The van der Waals surface area contributed by atoms with E-state index in [1.54, 1.807) is 0 Å². The third-order valence-corrected chi connectivity index (χ3v) is 11.5. The molecule has 0 amide bonds. The summed E-state index contributed by atoms with van der Waals surface area (Å²) in [6.07, 6.45) is 0. The summed E-state index contributed by atoms with van der Waals surface area (Å²) >= 11 is 0. The summed E-state index contributed by atoms with van der Waals surface area (Å²) in [6, 6.07) is 62.2. The molecule has 0 fully saturated rings. The molecule has 52 heavy (non-hydrogen) atoms. The maximum absolute atomic E-state index is 3.89. The maximum atomic E-state index is 3.89. The van der Waals surface area contributed by atoms with Gasteiger partial charge in [0.05, 0.1) is 22.1 Å². The number of aromatic nitrogens is 2. The van der Waals surface area contributed by atoms with Crippen LogP contribution >= 0.6 is 0 Å². The summed E-state index contributed by atoms with van der Waals surface area (Å²) in [5.41, 5.74) is 14.6. The highest BCUT2D eigenvalue weighted by atomic mass is 15.0. The number of nitrogens with zero attached hydrogens (tertiary/aromatic N) is 2. The van der Waals surface area contributed by atoms with Crippen molar-refractivity contribution >= 4 is 65.8 Å². The summed E-state index contributed by atoms with van der Waals surface area (Å²) in [4.78, 5) is 0. The number of fused-ring (bicyclic) bond motifs is 10. The van der Waals surface area contributed by atoms with Gasteiger partial charge in [-0.05, 0) is 99.8 Å². The Morgan fingerprint density at radius 2 is 1.12 bits per heavy atom. The molecule has 2 heterocycles. The van der Waals surface area contributed by atoms with Crippen LogP contribution in [0.25, 0.3) is 76.9 Å². The standard InChI is InChI=1S/C49H35N3/c1-49(2)41-19-10-8-17-36(41)37-26-24-35(30-42(37)49)52-46-28-32-14-7-6-13-31(32)27-40(46)38-25-23-33(29-47(38)52)50-43-20-12-22-45-48(43)39-18-9-11-21-44(39)51(45)34-15-4-3-5-16-34/h3-30,50H,1-2H3. The van der Waals surface area contributed by atoms with Crippen molar-refractivity contribution in [2.75, 3.05) is 5.32 Å². The van der Waals surface area contributed by atoms with Crippen LogP contribution in [-0.2, 0) is 5.41 Å². The van der Waals surface area contributed by atoms with E-state index in [1.807, 2.05) is 0 Å². The van der Waals surface area contributed by atoms with Crippen LogP contribution in [-0.4, -0.2) is 9.13 Å². The molecule has 0 radical (unpaired) electrons. The van der Waals surface area contributed by atoms with Crippen LogP contribution in [0.4, 0.5) is 11.4 Å². The molecule has 11 rings (SSSR count). The van der Waals surface area contributed by atoms with Gasteiger partial charge in [0, 0.05) is 49.7 Å². The van der Waals surface area contributed by atoms with Gasteiger partial charge in [0.15, 0.2) is 0 Å². The highest BCUT2D eigenvalue weighted by Gasteiger charge is 2.35. The summed E-state index contributed by atoms with van der Waals surface area (Å²) in [5, 5.41) is 11.3. The van der Waals surface area contributed by atoms with Crippen LogP contribution in [0.1, 0.15) is 25.0 Å². The number of rotatable bonds is 4. The molecule has 0 spiro atoms. The van der Waals surface area contributed by atoms with E-state index in [2.05, 4.69) is 198 Å². The molecule has 0 aliphatic heterocycles. The van der Waals surface area contributed by atoms with E-state index < -0.39 is 0 Å². The Hall–Kier alpha value is -6.58. The number of para-hydroxylation sites is 2. The molecule has 8 aromatic carbocycles. The van der Waals surface area contributed by atoms with Gasteiger partial charge in [-0.3, -0.25) is 0 Å². The van der Waals surface area contributed by atoms with Crippen molar-refractivity contribution in [1.82, 2.24) is 9.13 Å². The van der Waals surface area contributed by atoms with Crippen molar-refractivity contribution < 1.29 is 0 Å². The Balaban J connectivity index is 1.13. The van der Waals surface area contributed by atoms with E-state index in [4.69, 9.17) is 0 Å². The van der Waals surface area contributed by atoms with Crippen molar-refractivity contribution in [2.24, 2.45) is 0 Å². The number of benzene rings is 8. The number of nitrogens with one attached hydrogen (secondary N) is 1. The molecule has 2 aromatic heterocycles. The maximum Gasteiger partial charge on any atom is 0.0562 e. The van der Waals surface area contributed by atoms with Gasteiger partial charge in [-0.15, -0.1) is 0 Å². The summed E-state index contributed by atoms with van der Waals surface area (Å²) < 4.78 is 4.85. The molecule has 1 aliphatic carbocycles. The monoisotopic (exact) mass is 665 g/mol. The fourth-order valence-electron chi connectivity index (χ4n) is 9.02. The fourth-order valence-corrected chi connectivity index (χ4v) is 9.02. The highest BCUT2D eigenvalue weighted by molar-refractivity contribution is 6.17. The van der Waals surface area contributed by atoms with Crippen LogP contribution in [0.5, 0.6) is 0 Å². The lowest BCUT2D eigenvalue weighted by Crippen LogP contribution is -2.15. The minimum atomic E-state index is -0.0856. The Morgan fingerprint density at radius 3 is 2.00 bits per heavy atom. The quantitative estimate of drug-likeness (QED) is 0.199. The minimum Gasteiger partial charge on any atom is -0.355 e. The first-order valence-corrected chi connectivity index (χ1v) is 18.1. The molecular formula is C49H35N3. The molecule has 1 N–H and O–H groups in total. The van der Waals surface area contributed by atoms with Crippen molar-refractivity contribution in [1.29, 1.82) is 0 Å². The predicted octanol–water partition coefficient (Wildman–Crippen LogP) is 13.1. The summed E-state index contributed by atoms with van der Waals surface area (Å²) in [7, 11) is 0. The second-order valence-corrected chi connectivity index (χ2v) is 14.7. The van der Waals surface area contributed by atoms with E-state index in [-0.39, 0.29) is 5.41 Å². The Morgan fingerprint density at radius 1 is 0.423 bits per heavy atom. The summed E-state index contributed by atoms with van der Waals surface area (Å²) in [6.45, 7) is 4.72. The zero-order chi connectivity index (χ0) is 34.6. The second-order valence-electron chi connectivity index (χ2n) is 14.7. The van der Waals surface area contributed by atoms with E-state index in [0.29, 0.717) is 0 Å². The molecule has 0 bridgehead atoms. The van der Waals surface area contributed by atoms with Crippen molar-refractivity contribution in [3.8, 4) is 22.5 Å². The van der Waals surface area contributed by atoms with Crippen LogP contribution in [0, 0.1) is 0 Å². The molecular weight excluding hydrogens is 631 g/mol. The van der Waals surface area contributed by atoms with Gasteiger partial charge < -0.3 is 14.5 Å². The Labute approximate surface area is 302 Å². The zero-order valence-corrected chi connectivity index (χ0v) is 29.1. The van der Waals surface area contributed by atoms with Crippen molar-refractivity contribution in [3.05, 3.63) is 181 Å².